The molecule has 0 aromatic carbocycles. The van der Waals surface area contributed by atoms with E-state index >= 15 is 0 Å². The van der Waals surface area contributed by atoms with Crippen molar-refractivity contribution in [3.05, 3.63) is 24.2 Å². The van der Waals surface area contributed by atoms with Crippen molar-refractivity contribution in [3.63, 3.8) is 0 Å². The summed E-state index contributed by atoms with van der Waals surface area (Å²) in [5.41, 5.74) is 1.31. The van der Waals surface area contributed by atoms with E-state index in [1.807, 2.05) is 19.3 Å². The first-order valence-corrected chi connectivity index (χ1v) is 9.90. The second-order valence-corrected chi connectivity index (χ2v) is 9.09. The van der Waals surface area contributed by atoms with Crippen LogP contribution in [0.2, 0.25) is 0 Å². The molecule has 4 nitrogen and oxygen atoms in total. The molecule has 2 aliphatic carbocycles. The summed E-state index contributed by atoms with van der Waals surface area (Å²) < 4.78 is 10.7. The molecule has 0 aliphatic heterocycles. The predicted molar refractivity (Wildman–Crippen MR) is 99.5 cm³/mol. The summed E-state index contributed by atoms with van der Waals surface area (Å²) >= 11 is 0. The Bertz CT molecular complexity index is 664. The number of Topliss-reactive ketones (excluding diaryl/α,β-unsaturated/α-hetero) is 1. The first-order chi connectivity index (χ1) is 12.2. The van der Waals surface area contributed by atoms with E-state index in [0.29, 0.717) is 18.3 Å². The van der Waals surface area contributed by atoms with Crippen LogP contribution in [0.3, 0.4) is 0 Å². The first-order valence-electron chi connectivity index (χ1n) is 9.90. The summed E-state index contributed by atoms with van der Waals surface area (Å²) in [5.74, 6) is 0.605. The number of ketones is 1. The minimum absolute atomic E-state index is 0.0224. The summed E-state index contributed by atoms with van der Waals surface area (Å²) in [7, 11) is 0. The van der Waals surface area contributed by atoms with Gasteiger partial charge in [-0.2, -0.15) is 0 Å². The van der Waals surface area contributed by atoms with E-state index in [1.54, 1.807) is 6.26 Å². The molecule has 1 heterocycles. The van der Waals surface area contributed by atoms with Crippen molar-refractivity contribution in [2.45, 2.75) is 72.8 Å². The number of carbonyl (C=O) groups excluding carboxylic acids is 2. The van der Waals surface area contributed by atoms with Crippen molar-refractivity contribution < 1.29 is 18.7 Å². The molecular weight excluding hydrogens is 328 g/mol. The highest BCUT2D eigenvalue weighted by Crippen LogP contribution is 2.62. The zero-order valence-corrected chi connectivity index (χ0v) is 16.7. The molecule has 3 rings (SSSR count). The van der Waals surface area contributed by atoms with E-state index in [-0.39, 0.29) is 28.5 Å². The molecule has 0 bridgehead atoms. The van der Waals surface area contributed by atoms with Crippen LogP contribution in [-0.4, -0.2) is 17.9 Å². The summed E-state index contributed by atoms with van der Waals surface area (Å²) in [6, 6.07) is 2.03. The third-order valence-electron chi connectivity index (χ3n) is 7.86. The number of fused-ring (bicyclic) bond motifs is 1. The van der Waals surface area contributed by atoms with Crippen molar-refractivity contribution >= 4 is 11.8 Å². The SMILES string of the molecule is CC(=O)OC1CC2C(C)(CCc3ccoc3)C(C)CCC2(C)C(C)C1=O. The Morgan fingerprint density at radius 3 is 2.69 bits per heavy atom. The van der Waals surface area contributed by atoms with Gasteiger partial charge in [0.1, 0.15) is 0 Å². The highest BCUT2D eigenvalue weighted by atomic mass is 16.5. The number of rotatable bonds is 4. The molecule has 1 aromatic heterocycles. The highest BCUT2D eigenvalue weighted by molar-refractivity contribution is 5.88. The minimum atomic E-state index is -0.584. The van der Waals surface area contributed by atoms with Crippen molar-refractivity contribution in [3.8, 4) is 0 Å². The largest absolute Gasteiger partial charge is 0.472 e. The average molecular weight is 360 g/mol. The van der Waals surface area contributed by atoms with Crippen LogP contribution in [0.4, 0.5) is 0 Å². The van der Waals surface area contributed by atoms with Crippen molar-refractivity contribution in [2.24, 2.45) is 28.6 Å². The predicted octanol–water partition coefficient (Wildman–Crippen LogP) is 4.81. The molecule has 2 saturated carbocycles. The number of hydrogen-bond donors (Lipinski definition) is 0. The number of carbonyl (C=O) groups is 2. The van der Waals surface area contributed by atoms with E-state index in [9.17, 15) is 9.59 Å². The number of furan rings is 1. The van der Waals surface area contributed by atoms with E-state index < -0.39 is 6.10 Å². The van der Waals surface area contributed by atoms with Gasteiger partial charge in [0, 0.05) is 12.8 Å². The Morgan fingerprint density at radius 2 is 2.08 bits per heavy atom. The third kappa shape index (κ3) is 3.12. The van der Waals surface area contributed by atoms with Crippen molar-refractivity contribution in [1.29, 1.82) is 0 Å². The lowest BCUT2D eigenvalue weighted by Gasteiger charge is -2.60. The van der Waals surface area contributed by atoms with E-state index in [1.165, 1.54) is 12.5 Å². The van der Waals surface area contributed by atoms with Crippen LogP contribution in [0, 0.1) is 28.6 Å². The van der Waals surface area contributed by atoms with E-state index in [4.69, 9.17) is 9.15 Å². The molecule has 0 spiro atoms. The fourth-order valence-corrected chi connectivity index (χ4v) is 5.69. The third-order valence-corrected chi connectivity index (χ3v) is 7.86. The molecule has 0 amide bonds. The van der Waals surface area contributed by atoms with Crippen LogP contribution in [0.15, 0.2) is 23.0 Å². The van der Waals surface area contributed by atoms with Crippen LogP contribution >= 0.6 is 0 Å². The molecular formula is C22H32O4. The summed E-state index contributed by atoms with van der Waals surface area (Å²) in [6.07, 6.45) is 7.87. The van der Waals surface area contributed by atoms with E-state index in [0.717, 1.165) is 25.7 Å². The monoisotopic (exact) mass is 360 g/mol. The quantitative estimate of drug-likeness (QED) is 0.723. The Hall–Kier alpha value is -1.58. The Balaban J connectivity index is 1.90. The molecule has 26 heavy (non-hydrogen) atoms. The average Bonchev–Trinajstić information content (AvgIpc) is 3.10. The molecule has 4 heteroatoms. The molecule has 2 aliphatic rings. The lowest BCUT2D eigenvalue weighted by Crippen LogP contribution is -2.58. The topological polar surface area (TPSA) is 56.5 Å². The molecule has 0 saturated heterocycles. The first kappa shape index (κ1) is 19.2. The molecule has 6 atom stereocenters. The van der Waals surface area contributed by atoms with Crippen molar-refractivity contribution in [2.75, 3.05) is 0 Å². The minimum Gasteiger partial charge on any atom is -0.472 e. The van der Waals surface area contributed by atoms with Gasteiger partial charge in [0.15, 0.2) is 11.9 Å². The molecule has 0 N–H and O–H groups in total. The lowest BCUT2D eigenvalue weighted by molar-refractivity contribution is -0.178. The maximum atomic E-state index is 12.9. The zero-order chi connectivity index (χ0) is 19.1. The smallest absolute Gasteiger partial charge is 0.303 e. The van der Waals surface area contributed by atoms with Gasteiger partial charge in [-0.3, -0.25) is 9.59 Å². The van der Waals surface area contributed by atoms with Crippen LogP contribution in [0.1, 0.15) is 65.9 Å². The molecule has 6 unspecified atom stereocenters. The van der Waals surface area contributed by atoms with Gasteiger partial charge in [0.2, 0.25) is 0 Å². The summed E-state index contributed by atoms with van der Waals surface area (Å²) in [4.78, 5) is 24.4. The Labute approximate surface area is 156 Å². The van der Waals surface area contributed by atoms with Crippen LogP contribution < -0.4 is 0 Å². The fraction of sp³-hybridized carbons (Fsp3) is 0.727. The standard InChI is InChI=1S/C22H32O4/c1-14-6-9-22(5)15(2)20(24)18(26-16(3)23)12-19(22)21(14,4)10-7-17-8-11-25-13-17/h8,11,13-15,18-19H,6-7,9-10,12H2,1-5H3. The number of ether oxygens (including phenoxy) is 1. The van der Waals surface area contributed by atoms with Gasteiger partial charge in [0.05, 0.1) is 12.5 Å². The molecule has 2 fully saturated rings. The summed E-state index contributed by atoms with van der Waals surface area (Å²) in [6.45, 7) is 10.4. The number of hydrogen-bond acceptors (Lipinski definition) is 4. The Morgan fingerprint density at radius 1 is 1.35 bits per heavy atom. The van der Waals surface area contributed by atoms with Gasteiger partial charge in [-0.05, 0) is 66.4 Å². The van der Waals surface area contributed by atoms with Gasteiger partial charge in [0.25, 0.3) is 0 Å². The summed E-state index contributed by atoms with van der Waals surface area (Å²) in [5, 5.41) is 0. The Kier molecular flexibility index (Phi) is 5.06. The van der Waals surface area contributed by atoms with Gasteiger partial charge < -0.3 is 9.15 Å². The van der Waals surface area contributed by atoms with Gasteiger partial charge in [-0.1, -0.05) is 27.7 Å². The maximum absolute atomic E-state index is 12.9. The van der Waals surface area contributed by atoms with Gasteiger partial charge in [-0.15, -0.1) is 0 Å². The second-order valence-electron chi connectivity index (χ2n) is 9.09. The highest BCUT2D eigenvalue weighted by Gasteiger charge is 2.59. The number of aryl methyl sites for hydroxylation is 1. The second kappa shape index (κ2) is 6.86. The molecule has 0 radical (unpaired) electrons. The molecule has 1 aromatic rings. The zero-order valence-electron chi connectivity index (χ0n) is 16.7. The number of esters is 1. The van der Waals surface area contributed by atoms with Crippen LogP contribution in [0.5, 0.6) is 0 Å². The van der Waals surface area contributed by atoms with Crippen molar-refractivity contribution in [1.82, 2.24) is 0 Å². The van der Waals surface area contributed by atoms with E-state index in [2.05, 4.69) is 20.8 Å². The van der Waals surface area contributed by atoms with Gasteiger partial charge >= 0.3 is 5.97 Å². The fourth-order valence-electron chi connectivity index (χ4n) is 5.69. The van der Waals surface area contributed by atoms with Crippen LogP contribution in [-0.2, 0) is 20.7 Å². The van der Waals surface area contributed by atoms with Gasteiger partial charge in [-0.25, -0.2) is 0 Å². The maximum Gasteiger partial charge on any atom is 0.303 e. The normalized spacial score (nSPS) is 40.1. The van der Waals surface area contributed by atoms with Crippen LogP contribution in [0.25, 0.3) is 0 Å². The lowest BCUT2D eigenvalue weighted by atomic mass is 9.44. The molecule has 144 valence electrons.